The molecule has 0 radical (unpaired) electrons. The summed E-state index contributed by atoms with van der Waals surface area (Å²) in [6, 6.07) is 16.8. The first-order valence-corrected chi connectivity index (χ1v) is 12.6. The minimum Gasteiger partial charge on any atom is -0.497 e. The van der Waals surface area contributed by atoms with Crippen molar-refractivity contribution in [2.24, 2.45) is 0 Å². The molecule has 3 aromatic rings. The SMILES string of the molecule is COc1ccc2c(c1)CCCC2NC(=O)CN(c1ccc(F)c(Cl)c1)S(=O)(=O)c1ccccc1. The van der Waals surface area contributed by atoms with Gasteiger partial charge in [-0.05, 0) is 72.9 Å². The third-order valence-electron chi connectivity index (χ3n) is 5.81. The number of rotatable bonds is 7. The predicted molar refractivity (Wildman–Crippen MR) is 129 cm³/mol. The van der Waals surface area contributed by atoms with Gasteiger partial charge >= 0.3 is 0 Å². The normalized spacial score (nSPS) is 15.3. The van der Waals surface area contributed by atoms with Gasteiger partial charge in [-0.25, -0.2) is 12.8 Å². The molecule has 0 saturated heterocycles. The number of anilines is 1. The summed E-state index contributed by atoms with van der Waals surface area (Å²) in [5.74, 6) is -0.408. The number of sulfonamides is 1. The Balaban J connectivity index is 1.62. The van der Waals surface area contributed by atoms with Crippen molar-refractivity contribution in [2.45, 2.75) is 30.2 Å². The van der Waals surface area contributed by atoms with Crippen LogP contribution in [0.2, 0.25) is 5.02 Å². The molecule has 34 heavy (non-hydrogen) atoms. The molecule has 1 aliphatic rings. The highest BCUT2D eigenvalue weighted by Crippen LogP contribution is 2.33. The summed E-state index contributed by atoms with van der Waals surface area (Å²) in [6.45, 7) is -0.485. The van der Waals surface area contributed by atoms with Crippen LogP contribution < -0.4 is 14.4 Å². The quantitative estimate of drug-likeness (QED) is 0.500. The second-order valence-corrected chi connectivity index (χ2v) is 10.3. The molecule has 1 N–H and O–H groups in total. The lowest BCUT2D eigenvalue weighted by molar-refractivity contribution is -0.120. The van der Waals surface area contributed by atoms with Crippen LogP contribution in [0.3, 0.4) is 0 Å². The third kappa shape index (κ3) is 5.03. The first kappa shape index (κ1) is 24.0. The number of carbonyl (C=O) groups excluding carboxylic acids is 1. The Bertz CT molecular complexity index is 1300. The van der Waals surface area contributed by atoms with Gasteiger partial charge in [0.1, 0.15) is 18.1 Å². The summed E-state index contributed by atoms with van der Waals surface area (Å²) in [6.07, 6.45) is 2.49. The molecule has 1 aliphatic carbocycles. The molecule has 1 amide bonds. The number of nitrogens with zero attached hydrogens (tertiary/aromatic N) is 1. The lowest BCUT2D eigenvalue weighted by atomic mass is 9.87. The molecule has 0 spiro atoms. The van der Waals surface area contributed by atoms with Gasteiger partial charge in [0.15, 0.2) is 0 Å². The molecule has 0 heterocycles. The molecule has 1 unspecified atom stereocenters. The Morgan fingerprint density at radius 3 is 2.62 bits per heavy atom. The van der Waals surface area contributed by atoms with Crippen molar-refractivity contribution in [1.29, 1.82) is 0 Å². The Kier molecular flexibility index (Phi) is 7.09. The third-order valence-corrected chi connectivity index (χ3v) is 7.89. The first-order chi connectivity index (χ1) is 16.3. The number of amides is 1. The van der Waals surface area contributed by atoms with Gasteiger partial charge in [-0.15, -0.1) is 0 Å². The van der Waals surface area contributed by atoms with Gasteiger partial charge in [-0.2, -0.15) is 0 Å². The molecule has 6 nitrogen and oxygen atoms in total. The van der Waals surface area contributed by atoms with Gasteiger partial charge < -0.3 is 10.1 Å². The summed E-state index contributed by atoms with van der Waals surface area (Å²) in [7, 11) is -2.51. The monoisotopic (exact) mass is 502 g/mol. The lowest BCUT2D eigenvalue weighted by Crippen LogP contribution is -2.42. The van der Waals surface area contributed by atoms with Crippen molar-refractivity contribution in [3.63, 3.8) is 0 Å². The maximum atomic E-state index is 13.8. The Hall–Kier alpha value is -3.10. The van der Waals surface area contributed by atoms with E-state index in [0.717, 1.165) is 46.5 Å². The van der Waals surface area contributed by atoms with Gasteiger partial charge in [0.25, 0.3) is 10.0 Å². The number of nitrogens with one attached hydrogen (secondary N) is 1. The van der Waals surface area contributed by atoms with Gasteiger partial charge in [0.2, 0.25) is 5.91 Å². The molecule has 0 bridgehead atoms. The lowest BCUT2D eigenvalue weighted by Gasteiger charge is -2.29. The fraction of sp³-hybridized carbons (Fsp3) is 0.240. The molecule has 3 aromatic carbocycles. The summed E-state index contributed by atoms with van der Waals surface area (Å²) in [4.78, 5) is 13.1. The molecule has 0 aliphatic heterocycles. The fourth-order valence-corrected chi connectivity index (χ4v) is 5.72. The second kappa shape index (κ2) is 10.0. The highest BCUT2D eigenvalue weighted by molar-refractivity contribution is 7.92. The number of fused-ring (bicyclic) bond motifs is 1. The zero-order chi connectivity index (χ0) is 24.3. The van der Waals surface area contributed by atoms with Gasteiger partial charge in [-0.3, -0.25) is 9.10 Å². The Morgan fingerprint density at radius 1 is 1.15 bits per heavy atom. The number of ether oxygens (including phenoxy) is 1. The molecular weight excluding hydrogens is 479 g/mol. The van der Waals surface area contributed by atoms with Crippen LogP contribution in [0.25, 0.3) is 0 Å². The van der Waals surface area contributed by atoms with E-state index in [0.29, 0.717) is 0 Å². The molecular formula is C25H24ClFN2O4S. The van der Waals surface area contributed by atoms with Crippen molar-refractivity contribution >= 4 is 33.2 Å². The zero-order valence-electron chi connectivity index (χ0n) is 18.5. The van der Waals surface area contributed by atoms with E-state index in [2.05, 4.69) is 5.32 Å². The highest BCUT2D eigenvalue weighted by Gasteiger charge is 2.29. The van der Waals surface area contributed by atoms with E-state index in [1.165, 1.54) is 24.3 Å². The summed E-state index contributed by atoms with van der Waals surface area (Å²) in [5, 5.41) is 2.73. The molecule has 0 aromatic heterocycles. The maximum absolute atomic E-state index is 13.8. The van der Waals surface area contributed by atoms with E-state index in [-0.39, 0.29) is 21.6 Å². The van der Waals surface area contributed by atoms with Crippen LogP contribution >= 0.6 is 11.6 Å². The van der Waals surface area contributed by atoms with E-state index in [1.807, 2.05) is 18.2 Å². The van der Waals surface area contributed by atoms with Crippen LogP contribution in [-0.2, 0) is 21.2 Å². The number of halogens is 2. The Labute approximate surface area is 203 Å². The topological polar surface area (TPSA) is 75.7 Å². The van der Waals surface area contributed by atoms with Gasteiger partial charge in [0, 0.05) is 0 Å². The number of carbonyl (C=O) groups is 1. The van der Waals surface area contributed by atoms with Crippen molar-refractivity contribution in [1.82, 2.24) is 5.32 Å². The molecule has 0 saturated carbocycles. The molecule has 1 atom stereocenters. The van der Waals surface area contributed by atoms with Crippen molar-refractivity contribution < 1.29 is 22.3 Å². The standard InChI is InChI=1S/C25H24ClFN2O4S/c1-33-19-11-12-21-17(14-19)6-5-9-24(21)28-25(30)16-29(18-10-13-23(27)22(26)15-18)34(31,32)20-7-3-2-4-8-20/h2-4,7-8,10-15,24H,5-6,9,16H2,1H3,(H,28,30). The van der Waals surface area contributed by atoms with Crippen LogP contribution in [0.1, 0.15) is 30.0 Å². The average Bonchev–Trinajstić information content (AvgIpc) is 2.84. The van der Waals surface area contributed by atoms with Gasteiger partial charge in [0.05, 0.1) is 28.8 Å². The number of hydrogen-bond acceptors (Lipinski definition) is 4. The van der Waals surface area contributed by atoms with Crippen LogP contribution in [0.15, 0.2) is 71.6 Å². The largest absolute Gasteiger partial charge is 0.497 e. The van der Waals surface area contributed by atoms with Crippen molar-refractivity contribution in [3.8, 4) is 5.75 Å². The average molecular weight is 503 g/mol. The second-order valence-electron chi connectivity index (χ2n) is 8.00. The maximum Gasteiger partial charge on any atom is 0.264 e. The number of methoxy groups -OCH3 is 1. The smallest absolute Gasteiger partial charge is 0.264 e. The van der Waals surface area contributed by atoms with E-state index >= 15 is 0 Å². The van der Waals surface area contributed by atoms with Crippen LogP contribution in [-0.4, -0.2) is 28.0 Å². The van der Waals surface area contributed by atoms with Crippen LogP contribution in [0, 0.1) is 5.82 Å². The zero-order valence-corrected chi connectivity index (χ0v) is 20.1. The summed E-state index contributed by atoms with van der Waals surface area (Å²) in [5.41, 5.74) is 2.18. The van der Waals surface area contributed by atoms with E-state index < -0.39 is 28.3 Å². The van der Waals surface area contributed by atoms with Crippen molar-refractivity contribution in [2.75, 3.05) is 18.0 Å². The molecule has 4 rings (SSSR count). The van der Waals surface area contributed by atoms with Gasteiger partial charge in [-0.1, -0.05) is 35.9 Å². The Morgan fingerprint density at radius 2 is 1.91 bits per heavy atom. The minimum atomic E-state index is -4.11. The van der Waals surface area contributed by atoms with Crippen LogP contribution in [0.4, 0.5) is 10.1 Å². The van der Waals surface area contributed by atoms with Crippen LogP contribution in [0.5, 0.6) is 5.75 Å². The number of hydrogen-bond donors (Lipinski definition) is 1. The summed E-state index contributed by atoms with van der Waals surface area (Å²) < 4.78 is 46.8. The summed E-state index contributed by atoms with van der Waals surface area (Å²) >= 11 is 5.92. The van der Waals surface area contributed by atoms with E-state index in [1.54, 1.807) is 25.3 Å². The minimum absolute atomic E-state index is 0.0124. The number of aryl methyl sites for hydroxylation is 1. The number of benzene rings is 3. The molecule has 0 fully saturated rings. The van der Waals surface area contributed by atoms with E-state index in [4.69, 9.17) is 16.3 Å². The molecule has 178 valence electrons. The molecule has 9 heteroatoms. The van der Waals surface area contributed by atoms with E-state index in [9.17, 15) is 17.6 Å². The first-order valence-electron chi connectivity index (χ1n) is 10.8. The fourth-order valence-electron chi connectivity index (χ4n) is 4.11. The predicted octanol–water partition coefficient (Wildman–Crippen LogP) is 4.88. The highest BCUT2D eigenvalue weighted by atomic mass is 35.5. The van der Waals surface area contributed by atoms with Crippen molar-refractivity contribution in [3.05, 3.63) is 88.7 Å².